The van der Waals surface area contributed by atoms with Crippen molar-refractivity contribution < 1.29 is 45.7 Å². The third-order valence-electron chi connectivity index (χ3n) is 1.93. The first kappa shape index (κ1) is 15.9. The maximum absolute atomic E-state index is 12.7. The Morgan fingerprint density at radius 2 is 1.80 bits per heavy atom. The molecule has 11 heteroatoms. The largest absolute Gasteiger partial charge is 0.573 e. The Kier molecular flexibility index (Phi) is 4.01. The van der Waals surface area contributed by atoms with Gasteiger partial charge in [0.05, 0.1) is 13.3 Å². The predicted octanol–water partition coefficient (Wildman–Crippen LogP) is 2.71. The van der Waals surface area contributed by atoms with E-state index >= 15 is 0 Å². The van der Waals surface area contributed by atoms with Gasteiger partial charge >= 0.3 is 18.5 Å². The second-order valence-electron chi connectivity index (χ2n) is 3.23. The van der Waals surface area contributed by atoms with Gasteiger partial charge in [0.1, 0.15) is 11.1 Å². The molecule has 0 aromatic carbocycles. The molecule has 20 heavy (non-hydrogen) atoms. The summed E-state index contributed by atoms with van der Waals surface area (Å²) in [4.78, 5) is 13.8. The summed E-state index contributed by atoms with van der Waals surface area (Å²) in [5.41, 5.74) is -3.70. The molecule has 0 saturated heterocycles. The normalized spacial score (nSPS) is 12.2. The number of carboxylic acids is 1. The predicted molar refractivity (Wildman–Crippen MR) is 49.4 cm³/mol. The van der Waals surface area contributed by atoms with Gasteiger partial charge in [0.25, 0.3) is 0 Å². The maximum atomic E-state index is 12.7. The molecule has 5 nitrogen and oxygen atoms in total. The lowest BCUT2D eigenvalue weighted by molar-refractivity contribution is -0.275. The summed E-state index contributed by atoms with van der Waals surface area (Å²) < 4.78 is 81.8. The minimum absolute atomic E-state index is 0.186. The van der Waals surface area contributed by atoms with Crippen molar-refractivity contribution in [2.75, 3.05) is 7.11 Å². The minimum Gasteiger partial charge on any atom is -0.481 e. The average Bonchev–Trinajstić information content (AvgIpc) is 2.24. The molecule has 0 unspecified atom stereocenters. The lowest BCUT2D eigenvalue weighted by Gasteiger charge is -2.17. The zero-order chi connectivity index (χ0) is 15.7. The summed E-state index contributed by atoms with van der Waals surface area (Å²) in [6, 6.07) is 0. The number of carbonyl (C=O) groups is 1. The number of hydrogen-bond acceptors (Lipinski definition) is 4. The Hall–Kier alpha value is -2.20. The molecule has 1 N–H and O–H groups in total. The van der Waals surface area contributed by atoms with E-state index in [9.17, 15) is 31.1 Å². The summed E-state index contributed by atoms with van der Waals surface area (Å²) in [6.07, 6.45) is -10.5. The van der Waals surface area contributed by atoms with Gasteiger partial charge in [-0.05, 0) is 0 Å². The van der Waals surface area contributed by atoms with Gasteiger partial charge in [-0.1, -0.05) is 0 Å². The highest BCUT2D eigenvalue weighted by atomic mass is 19.4. The van der Waals surface area contributed by atoms with E-state index in [1.807, 2.05) is 0 Å². The smallest absolute Gasteiger partial charge is 0.481 e. The van der Waals surface area contributed by atoms with E-state index in [0.29, 0.717) is 0 Å². The summed E-state index contributed by atoms with van der Waals surface area (Å²) in [5.74, 6) is -5.03. The van der Waals surface area contributed by atoms with Crippen molar-refractivity contribution in [1.29, 1.82) is 0 Å². The number of alkyl halides is 6. The van der Waals surface area contributed by atoms with Crippen molar-refractivity contribution in [3.05, 3.63) is 17.3 Å². The van der Waals surface area contributed by atoms with Crippen LogP contribution in [-0.4, -0.2) is 29.5 Å². The zero-order valence-corrected chi connectivity index (χ0v) is 9.46. The highest BCUT2D eigenvalue weighted by Gasteiger charge is 2.44. The average molecular weight is 305 g/mol. The van der Waals surface area contributed by atoms with Crippen LogP contribution in [0, 0.1) is 0 Å². The van der Waals surface area contributed by atoms with Crippen molar-refractivity contribution >= 4 is 5.97 Å². The lowest BCUT2D eigenvalue weighted by Crippen LogP contribution is -2.22. The van der Waals surface area contributed by atoms with Gasteiger partial charge in [0.2, 0.25) is 5.88 Å². The Balaban J connectivity index is 3.61. The Morgan fingerprint density at radius 3 is 2.15 bits per heavy atom. The van der Waals surface area contributed by atoms with E-state index in [0.717, 1.165) is 7.11 Å². The molecule has 0 fully saturated rings. The monoisotopic (exact) mass is 305 g/mol. The van der Waals surface area contributed by atoms with E-state index in [-0.39, 0.29) is 6.20 Å². The molecule has 0 bridgehead atoms. The van der Waals surface area contributed by atoms with Crippen LogP contribution in [0.2, 0.25) is 0 Å². The van der Waals surface area contributed by atoms with Crippen LogP contribution < -0.4 is 9.47 Å². The molecule has 0 saturated carbocycles. The third kappa shape index (κ3) is 3.42. The first-order valence-corrected chi connectivity index (χ1v) is 4.60. The second kappa shape index (κ2) is 5.06. The number of aromatic nitrogens is 1. The number of aromatic carboxylic acids is 1. The molecule has 1 heterocycles. The van der Waals surface area contributed by atoms with Crippen LogP contribution in [-0.2, 0) is 6.18 Å². The Morgan fingerprint density at radius 1 is 1.25 bits per heavy atom. The molecule has 1 aromatic rings. The number of pyridine rings is 1. The first-order valence-electron chi connectivity index (χ1n) is 4.60. The maximum Gasteiger partial charge on any atom is 0.573 e. The number of methoxy groups -OCH3 is 1. The number of halogens is 6. The molecule has 0 aliphatic heterocycles. The van der Waals surface area contributed by atoms with E-state index in [1.165, 1.54) is 0 Å². The minimum atomic E-state index is -5.37. The van der Waals surface area contributed by atoms with Crippen LogP contribution in [0.4, 0.5) is 26.3 Å². The van der Waals surface area contributed by atoms with Gasteiger partial charge in [-0.25, -0.2) is 9.78 Å². The summed E-state index contributed by atoms with van der Waals surface area (Å²) in [7, 11) is 0.757. The van der Waals surface area contributed by atoms with Crippen molar-refractivity contribution in [1.82, 2.24) is 4.98 Å². The van der Waals surface area contributed by atoms with Gasteiger partial charge in [0, 0.05) is 0 Å². The molecule has 112 valence electrons. The molecule has 0 spiro atoms. The van der Waals surface area contributed by atoms with E-state index in [1.54, 1.807) is 0 Å². The van der Waals surface area contributed by atoms with Crippen molar-refractivity contribution in [2.45, 2.75) is 12.5 Å². The molecule has 0 amide bonds. The van der Waals surface area contributed by atoms with Gasteiger partial charge < -0.3 is 14.6 Å². The molecule has 1 aromatic heterocycles. The van der Waals surface area contributed by atoms with Crippen LogP contribution in [0.25, 0.3) is 0 Å². The lowest BCUT2D eigenvalue weighted by atomic mass is 10.1. The van der Waals surface area contributed by atoms with Gasteiger partial charge in [-0.3, -0.25) is 0 Å². The fourth-order valence-electron chi connectivity index (χ4n) is 1.31. The van der Waals surface area contributed by atoms with E-state index < -0.39 is 41.3 Å². The second-order valence-corrected chi connectivity index (χ2v) is 3.23. The van der Waals surface area contributed by atoms with Crippen LogP contribution in [0.3, 0.4) is 0 Å². The molecule has 1 rings (SSSR count). The van der Waals surface area contributed by atoms with E-state index in [2.05, 4.69) is 14.5 Å². The van der Waals surface area contributed by atoms with Crippen LogP contribution >= 0.6 is 0 Å². The van der Waals surface area contributed by atoms with Gasteiger partial charge in [0.15, 0.2) is 5.75 Å². The van der Waals surface area contributed by atoms with Crippen molar-refractivity contribution in [2.24, 2.45) is 0 Å². The van der Waals surface area contributed by atoms with E-state index in [4.69, 9.17) is 5.11 Å². The standard InChI is InChI=1S/C9H5F6NO4/c1-19-6-5(8(10,11)12)4(7(17)18)3(2-16-6)20-9(13,14)15/h2H,1H3,(H,17,18). The summed E-state index contributed by atoms with van der Waals surface area (Å²) in [5, 5.41) is 8.70. The molecule has 0 aliphatic carbocycles. The number of ether oxygens (including phenoxy) is 2. The molecule has 0 aliphatic rings. The van der Waals surface area contributed by atoms with Crippen LogP contribution in [0.1, 0.15) is 15.9 Å². The summed E-state index contributed by atoms with van der Waals surface area (Å²) in [6.45, 7) is 0. The molecular weight excluding hydrogens is 300 g/mol. The van der Waals surface area contributed by atoms with Crippen molar-refractivity contribution in [3.8, 4) is 11.6 Å². The Labute approximate surface area is 106 Å². The third-order valence-corrected chi connectivity index (χ3v) is 1.93. The number of hydrogen-bond donors (Lipinski definition) is 1. The molecular formula is C9H5F6NO4. The fourth-order valence-corrected chi connectivity index (χ4v) is 1.31. The van der Waals surface area contributed by atoms with Gasteiger partial charge in [-0.2, -0.15) is 13.2 Å². The first-order chi connectivity index (χ1) is 8.97. The quantitative estimate of drug-likeness (QED) is 0.870. The number of carboxylic acid groups (broad SMARTS) is 1. The fraction of sp³-hybridized carbons (Fsp3) is 0.333. The Bertz CT molecular complexity index is 524. The molecule has 0 atom stereocenters. The highest BCUT2D eigenvalue weighted by molar-refractivity contribution is 5.93. The van der Waals surface area contributed by atoms with Gasteiger partial charge in [-0.15, -0.1) is 13.2 Å². The van der Waals surface area contributed by atoms with Crippen LogP contribution in [0.5, 0.6) is 11.6 Å². The highest BCUT2D eigenvalue weighted by Crippen LogP contribution is 2.41. The van der Waals surface area contributed by atoms with Crippen LogP contribution in [0.15, 0.2) is 6.20 Å². The topological polar surface area (TPSA) is 68.7 Å². The SMILES string of the molecule is COc1ncc(OC(F)(F)F)c(C(=O)O)c1C(F)(F)F. The zero-order valence-electron chi connectivity index (χ0n) is 9.46. The van der Waals surface area contributed by atoms with Crippen molar-refractivity contribution in [3.63, 3.8) is 0 Å². The summed E-state index contributed by atoms with van der Waals surface area (Å²) >= 11 is 0. The number of rotatable bonds is 3. The molecule has 0 radical (unpaired) electrons. The number of nitrogens with zero attached hydrogens (tertiary/aromatic N) is 1.